The van der Waals surface area contributed by atoms with Gasteiger partial charge in [-0.15, -0.1) is 0 Å². The topological polar surface area (TPSA) is 55.8 Å². The van der Waals surface area contributed by atoms with Crippen molar-refractivity contribution < 1.29 is 19.1 Å². The van der Waals surface area contributed by atoms with Gasteiger partial charge >= 0.3 is 11.9 Å². The van der Waals surface area contributed by atoms with Crippen LogP contribution >= 0.6 is 0 Å². The smallest absolute Gasteiger partial charge is 0.326 e. The maximum Gasteiger partial charge on any atom is 0.326 e. The standard InChI is InChI=1S/C20H21NO4/c1-21-16-12-8-7-11-15(16)13-20(18(22)24-2,19(23)25-3)17(21)14-9-5-4-6-10-14/h4-12,17H,13H2,1-3H3. The molecule has 0 N–H and O–H groups in total. The first-order chi connectivity index (χ1) is 12.1. The molecule has 0 aliphatic carbocycles. The van der Waals surface area contributed by atoms with Crippen molar-refractivity contribution in [3.63, 3.8) is 0 Å². The zero-order valence-electron chi connectivity index (χ0n) is 14.6. The highest BCUT2D eigenvalue weighted by Gasteiger charge is 2.59. The van der Waals surface area contributed by atoms with Crippen molar-refractivity contribution in [1.82, 2.24) is 0 Å². The van der Waals surface area contributed by atoms with Gasteiger partial charge in [0, 0.05) is 19.2 Å². The Morgan fingerprint density at radius 2 is 1.52 bits per heavy atom. The van der Waals surface area contributed by atoms with Crippen LogP contribution in [0, 0.1) is 5.41 Å². The van der Waals surface area contributed by atoms with Gasteiger partial charge in [-0.25, -0.2) is 0 Å². The normalized spacial score (nSPS) is 18.2. The molecule has 1 atom stereocenters. The average Bonchev–Trinajstić information content (AvgIpc) is 2.67. The van der Waals surface area contributed by atoms with E-state index in [2.05, 4.69) is 0 Å². The van der Waals surface area contributed by atoms with Gasteiger partial charge in [0.05, 0.1) is 20.3 Å². The highest BCUT2D eigenvalue weighted by atomic mass is 16.5. The molecule has 2 aromatic rings. The van der Waals surface area contributed by atoms with Crippen LogP contribution in [0.3, 0.4) is 0 Å². The maximum atomic E-state index is 12.9. The van der Waals surface area contributed by atoms with E-state index in [0.29, 0.717) is 0 Å². The summed E-state index contributed by atoms with van der Waals surface area (Å²) < 4.78 is 10.1. The number of anilines is 1. The van der Waals surface area contributed by atoms with Crippen molar-refractivity contribution in [3.05, 3.63) is 65.7 Å². The quantitative estimate of drug-likeness (QED) is 0.636. The molecule has 0 amide bonds. The molecular weight excluding hydrogens is 318 g/mol. The van der Waals surface area contributed by atoms with E-state index in [1.54, 1.807) is 0 Å². The Bertz CT molecular complexity index is 771. The van der Waals surface area contributed by atoms with Crippen LogP contribution in [0.2, 0.25) is 0 Å². The number of hydrogen-bond donors (Lipinski definition) is 0. The first-order valence-electron chi connectivity index (χ1n) is 8.08. The SMILES string of the molecule is COC(=O)C1(C(=O)OC)Cc2ccccc2N(C)C1c1ccccc1. The molecule has 0 bridgehead atoms. The van der Waals surface area contributed by atoms with Gasteiger partial charge in [-0.1, -0.05) is 48.5 Å². The van der Waals surface area contributed by atoms with Crippen LogP contribution in [0.5, 0.6) is 0 Å². The molecule has 1 unspecified atom stereocenters. The summed E-state index contributed by atoms with van der Waals surface area (Å²) in [5, 5.41) is 0. The predicted molar refractivity (Wildman–Crippen MR) is 94.2 cm³/mol. The molecule has 5 heteroatoms. The van der Waals surface area contributed by atoms with Crippen LogP contribution in [-0.4, -0.2) is 33.2 Å². The van der Waals surface area contributed by atoms with Crippen LogP contribution in [-0.2, 0) is 25.5 Å². The third-order valence-electron chi connectivity index (χ3n) is 4.91. The zero-order chi connectivity index (χ0) is 18.0. The molecule has 0 saturated heterocycles. The number of hydrogen-bond acceptors (Lipinski definition) is 5. The fourth-order valence-electron chi connectivity index (χ4n) is 3.83. The Labute approximate surface area is 147 Å². The van der Waals surface area contributed by atoms with Gasteiger partial charge in [0.15, 0.2) is 5.41 Å². The van der Waals surface area contributed by atoms with Crippen LogP contribution in [0.1, 0.15) is 17.2 Å². The van der Waals surface area contributed by atoms with Crippen molar-refractivity contribution >= 4 is 17.6 Å². The number of fused-ring (bicyclic) bond motifs is 1. The highest BCUT2D eigenvalue weighted by Crippen LogP contribution is 2.50. The molecular formula is C20H21NO4. The second-order valence-corrected chi connectivity index (χ2v) is 6.18. The largest absolute Gasteiger partial charge is 0.468 e. The minimum atomic E-state index is -1.46. The Morgan fingerprint density at radius 3 is 2.12 bits per heavy atom. The average molecular weight is 339 g/mol. The third kappa shape index (κ3) is 2.56. The van der Waals surface area contributed by atoms with E-state index in [9.17, 15) is 9.59 Å². The van der Waals surface area contributed by atoms with E-state index >= 15 is 0 Å². The number of methoxy groups -OCH3 is 2. The van der Waals surface area contributed by atoms with E-state index in [0.717, 1.165) is 16.8 Å². The molecule has 25 heavy (non-hydrogen) atoms. The van der Waals surface area contributed by atoms with E-state index in [1.165, 1.54) is 14.2 Å². The molecule has 130 valence electrons. The van der Waals surface area contributed by atoms with E-state index in [4.69, 9.17) is 9.47 Å². The Hall–Kier alpha value is -2.82. The van der Waals surface area contributed by atoms with Gasteiger partial charge in [-0.2, -0.15) is 0 Å². The molecule has 0 fully saturated rings. The number of carbonyl (C=O) groups is 2. The van der Waals surface area contributed by atoms with Crippen molar-refractivity contribution in [3.8, 4) is 0 Å². The number of carbonyl (C=O) groups excluding carboxylic acids is 2. The Balaban J connectivity index is 2.28. The summed E-state index contributed by atoms with van der Waals surface area (Å²) in [5.74, 6) is -1.18. The summed E-state index contributed by atoms with van der Waals surface area (Å²) in [5.41, 5.74) is 1.29. The number of para-hydroxylation sites is 1. The lowest BCUT2D eigenvalue weighted by atomic mass is 9.69. The third-order valence-corrected chi connectivity index (χ3v) is 4.91. The van der Waals surface area contributed by atoms with Gasteiger partial charge in [0.25, 0.3) is 0 Å². The van der Waals surface area contributed by atoms with Gasteiger partial charge in [0.1, 0.15) is 0 Å². The van der Waals surface area contributed by atoms with E-state index in [1.807, 2.05) is 66.5 Å². The molecule has 5 nitrogen and oxygen atoms in total. The first kappa shape index (κ1) is 17.0. The lowest BCUT2D eigenvalue weighted by molar-refractivity contribution is -0.171. The predicted octanol–water partition coefficient (Wildman–Crippen LogP) is 2.75. The van der Waals surface area contributed by atoms with Crippen LogP contribution in [0.25, 0.3) is 0 Å². The second-order valence-electron chi connectivity index (χ2n) is 6.18. The summed E-state index contributed by atoms with van der Waals surface area (Å²) >= 11 is 0. The van der Waals surface area contributed by atoms with Gasteiger partial charge < -0.3 is 14.4 Å². The lowest BCUT2D eigenvalue weighted by Gasteiger charge is -2.46. The number of ether oxygens (including phenoxy) is 2. The Kier molecular flexibility index (Phi) is 4.49. The summed E-state index contributed by atoms with van der Waals surface area (Å²) in [6, 6.07) is 16.7. The minimum absolute atomic E-state index is 0.229. The molecule has 2 aromatic carbocycles. The van der Waals surface area contributed by atoms with Crippen molar-refractivity contribution in [2.75, 3.05) is 26.2 Å². The van der Waals surface area contributed by atoms with Crippen molar-refractivity contribution in [2.45, 2.75) is 12.5 Å². The number of rotatable bonds is 3. The number of benzene rings is 2. The van der Waals surface area contributed by atoms with E-state index < -0.39 is 23.4 Å². The molecule has 0 aromatic heterocycles. The van der Waals surface area contributed by atoms with Crippen molar-refractivity contribution in [1.29, 1.82) is 0 Å². The maximum absolute atomic E-state index is 12.9. The summed E-state index contributed by atoms with van der Waals surface area (Å²) in [6.07, 6.45) is 0.229. The fraction of sp³-hybridized carbons (Fsp3) is 0.300. The highest BCUT2D eigenvalue weighted by molar-refractivity contribution is 6.03. The molecule has 1 heterocycles. The molecule has 0 radical (unpaired) electrons. The van der Waals surface area contributed by atoms with Gasteiger partial charge in [0.2, 0.25) is 0 Å². The summed E-state index contributed by atoms with van der Waals surface area (Å²) in [4.78, 5) is 27.7. The van der Waals surface area contributed by atoms with Gasteiger partial charge in [-0.3, -0.25) is 9.59 Å². The lowest BCUT2D eigenvalue weighted by Crippen LogP contribution is -2.55. The first-order valence-corrected chi connectivity index (χ1v) is 8.08. The van der Waals surface area contributed by atoms with E-state index in [-0.39, 0.29) is 6.42 Å². The molecule has 1 aliphatic heterocycles. The van der Waals surface area contributed by atoms with Crippen molar-refractivity contribution in [2.24, 2.45) is 5.41 Å². The minimum Gasteiger partial charge on any atom is -0.468 e. The monoisotopic (exact) mass is 339 g/mol. The molecule has 3 rings (SSSR count). The molecule has 0 saturated carbocycles. The fourth-order valence-corrected chi connectivity index (χ4v) is 3.83. The molecule has 0 spiro atoms. The zero-order valence-corrected chi connectivity index (χ0v) is 14.6. The Morgan fingerprint density at radius 1 is 0.960 bits per heavy atom. The summed E-state index contributed by atoms with van der Waals surface area (Å²) in [6.45, 7) is 0. The number of esters is 2. The van der Waals surface area contributed by atoms with Gasteiger partial charge in [-0.05, 0) is 17.2 Å². The molecule has 1 aliphatic rings. The summed E-state index contributed by atoms with van der Waals surface area (Å²) in [7, 11) is 4.49. The van der Waals surface area contributed by atoms with Crippen LogP contribution in [0.4, 0.5) is 5.69 Å². The van der Waals surface area contributed by atoms with Crippen LogP contribution in [0.15, 0.2) is 54.6 Å². The second kappa shape index (κ2) is 6.59. The number of nitrogens with zero attached hydrogens (tertiary/aromatic N) is 1. The van der Waals surface area contributed by atoms with Crippen LogP contribution < -0.4 is 4.90 Å².